The van der Waals surface area contributed by atoms with Gasteiger partial charge < -0.3 is 14.7 Å². The number of hydrogen-bond donors (Lipinski definition) is 1. The van der Waals surface area contributed by atoms with E-state index in [0.29, 0.717) is 36.6 Å². The fraction of sp³-hybridized carbons (Fsp3) is 0.667. The molecule has 1 aliphatic heterocycles. The molecule has 1 saturated carbocycles. The van der Waals surface area contributed by atoms with E-state index >= 15 is 0 Å². The van der Waals surface area contributed by atoms with Gasteiger partial charge in [0.15, 0.2) is 5.82 Å². The third-order valence-corrected chi connectivity index (χ3v) is 5.15. The van der Waals surface area contributed by atoms with Gasteiger partial charge in [-0.05, 0) is 45.2 Å². The van der Waals surface area contributed by atoms with Crippen molar-refractivity contribution in [2.45, 2.75) is 57.5 Å². The van der Waals surface area contributed by atoms with E-state index in [-0.39, 0.29) is 12.5 Å². The Kier molecular flexibility index (Phi) is 5.01. The second-order valence-corrected chi connectivity index (χ2v) is 7.21. The first-order chi connectivity index (χ1) is 12.7. The molecule has 3 heterocycles. The Morgan fingerprint density at radius 2 is 2.27 bits per heavy atom. The summed E-state index contributed by atoms with van der Waals surface area (Å²) < 4.78 is 7.02. The highest BCUT2D eigenvalue weighted by molar-refractivity contribution is 5.75. The lowest BCUT2D eigenvalue weighted by atomic mass is 9.97. The Bertz CT molecular complexity index is 744. The fourth-order valence-corrected chi connectivity index (χ4v) is 3.40. The molecular weight excluding hydrogens is 332 g/mol. The van der Waals surface area contributed by atoms with Gasteiger partial charge in [0.1, 0.15) is 6.54 Å². The van der Waals surface area contributed by atoms with Crippen molar-refractivity contribution in [3.63, 3.8) is 0 Å². The van der Waals surface area contributed by atoms with Crippen LogP contribution in [0.4, 0.5) is 0 Å². The predicted molar refractivity (Wildman–Crippen MR) is 94.4 cm³/mol. The van der Waals surface area contributed by atoms with Crippen molar-refractivity contribution < 1.29 is 9.32 Å². The molecule has 140 valence electrons. The molecule has 2 aliphatic rings. The summed E-state index contributed by atoms with van der Waals surface area (Å²) in [5.74, 6) is 2.18. The molecule has 8 heteroatoms. The lowest BCUT2D eigenvalue weighted by Crippen LogP contribution is -2.34. The molecule has 0 spiro atoms. The van der Waals surface area contributed by atoms with E-state index in [1.54, 1.807) is 9.58 Å². The van der Waals surface area contributed by atoms with Crippen LogP contribution in [-0.4, -0.2) is 50.4 Å². The zero-order chi connectivity index (χ0) is 17.9. The SMILES string of the molecule is CCN(Cc1noc(C2CC2)n1)C(=O)Cn1ccc([C@@H]2CCCNC2)n1. The normalized spacial score (nSPS) is 20.3. The molecule has 2 aromatic heterocycles. The van der Waals surface area contributed by atoms with Crippen LogP contribution in [0.25, 0.3) is 0 Å². The van der Waals surface area contributed by atoms with Crippen LogP contribution in [0.2, 0.25) is 0 Å². The molecule has 1 saturated heterocycles. The molecule has 0 bridgehead atoms. The van der Waals surface area contributed by atoms with Gasteiger partial charge in [-0.1, -0.05) is 5.16 Å². The Balaban J connectivity index is 1.35. The van der Waals surface area contributed by atoms with Crippen LogP contribution in [0, 0.1) is 0 Å². The van der Waals surface area contributed by atoms with E-state index in [2.05, 4.69) is 20.6 Å². The van der Waals surface area contributed by atoms with Gasteiger partial charge in [0.2, 0.25) is 11.8 Å². The number of piperidine rings is 1. The molecule has 1 amide bonds. The minimum Gasteiger partial charge on any atom is -0.339 e. The maximum atomic E-state index is 12.7. The van der Waals surface area contributed by atoms with Crippen LogP contribution in [0.1, 0.15) is 61.9 Å². The molecule has 8 nitrogen and oxygen atoms in total. The van der Waals surface area contributed by atoms with Gasteiger partial charge in [-0.15, -0.1) is 0 Å². The average molecular weight is 358 g/mol. The molecule has 2 fully saturated rings. The van der Waals surface area contributed by atoms with Crippen LogP contribution in [-0.2, 0) is 17.9 Å². The van der Waals surface area contributed by atoms with E-state index in [9.17, 15) is 4.79 Å². The van der Waals surface area contributed by atoms with Crippen molar-refractivity contribution in [1.29, 1.82) is 0 Å². The number of nitrogens with zero attached hydrogens (tertiary/aromatic N) is 5. The Morgan fingerprint density at radius 1 is 1.38 bits per heavy atom. The quantitative estimate of drug-likeness (QED) is 0.810. The molecule has 0 aromatic carbocycles. The minimum atomic E-state index is 0.0155. The highest BCUT2D eigenvalue weighted by atomic mass is 16.5. The van der Waals surface area contributed by atoms with Gasteiger partial charge in [-0.25, -0.2) is 0 Å². The molecule has 1 atom stereocenters. The van der Waals surface area contributed by atoms with Crippen molar-refractivity contribution in [3.8, 4) is 0 Å². The summed E-state index contributed by atoms with van der Waals surface area (Å²) in [6.45, 7) is 5.23. The van der Waals surface area contributed by atoms with E-state index in [1.165, 1.54) is 6.42 Å². The molecule has 0 radical (unpaired) electrons. The van der Waals surface area contributed by atoms with Gasteiger partial charge in [-0.3, -0.25) is 9.48 Å². The van der Waals surface area contributed by atoms with Crippen molar-refractivity contribution in [1.82, 2.24) is 30.1 Å². The minimum absolute atomic E-state index is 0.0155. The first-order valence-electron chi connectivity index (χ1n) is 9.57. The van der Waals surface area contributed by atoms with Gasteiger partial charge in [0, 0.05) is 31.1 Å². The van der Waals surface area contributed by atoms with E-state index < -0.39 is 0 Å². The van der Waals surface area contributed by atoms with Crippen LogP contribution in [0.3, 0.4) is 0 Å². The van der Waals surface area contributed by atoms with Crippen molar-refractivity contribution >= 4 is 5.91 Å². The van der Waals surface area contributed by atoms with Crippen molar-refractivity contribution in [2.75, 3.05) is 19.6 Å². The van der Waals surface area contributed by atoms with Gasteiger partial charge in [0.05, 0.1) is 12.2 Å². The topological polar surface area (TPSA) is 89.1 Å². The zero-order valence-electron chi connectivity index (χ0n) is 15.2. The molecule has 4 rings (SSSR count). The molecular formula is C18H26N6O2. The Morgan fingerprint density at radius 3 is 3.00 bits per heavy atom. The fourth-order valence-electron chi connectivity index (χ4n) is 3.40. The summed E-state index contributed by atoms with van der Waals surface area (Å²) in [6, 6.07) is 2.03. The van der Waals surface area contributed by atoms with Crippen molar-refractivity contribution in [2.24, 2.45) is 0 Å². The zero-order valence-corrected chi connectivity index (χ0v) is 15.2. The molecule has 1 N–H and O–H groups in total. The van der Waals surface area contributed by atoms with Crippen LogP contribution < -0.4 is 5.32 Å². The van der Waals surface area contributed by atoms with Gasteiger partial charge in [-0.2, -0.15) is 10.1 Å². The summed E-state index contributed by atoms with van der Waals surface area (Å²) in [5, 5.41) is 12.0. The maximum Gasteiger partial charge on any atom is 0.244 e. The third kappa shape index (κ3) is 3.95. The van der Waals surface area contributed by atoms with E-state index in [4.69, 9.17) is 4.52 Å². The number of aromatic nitrogens is 4. The summed E-state index contributed by atoms with van der Waals surface area (Å²) in [6.07, 6.45) is 6.47. The monoisotopic (exact) mass is 358 g/mol. The first-order valence-corrected chi connectivity index (χ1v) is 9.57. The standard InChI is InChI=1S/C18H26N6O2/c1-2-23(11-16-20-18(26-22-16)13-5-6-13)17(25)12-24-9-7-15(21-24)14-4-3-8-19-10-14/h7,9,13-14,19H,2-6,8,10-12H2,1H3/t14-/m1/s1. The summed E-state index contributed by atoms with van der Waals surface area (Å²) in [5.41, 5.74) is 1.07. The summed E-state index contributed by atoms with van der Waals surface area (Å²) in [4.78, 5) is 18.8. The lowest BCUT2D eigenvalue weighted by Gasteiger charge is -2.21. The lowest BCUT2D eigenvalue weighted by molar-refractivity contribution is -0.132. The number of likely N-dealkylation sites (N-methyl/N-ethyl adjacent to an activating group) is 1. The number of amides is 1. The van der Waals surface area contributed by atoms with Crippen molar-refractivity contribution in [3.05, 3.63) is 29.7 Å². The van der Waals surface area contributed by atoms with E-state index in [1.807, 2.05) is 19.2 Å². The smallest absolute Gasteiger partial charge is 0.244 e. The number of nitrogens with one attached hydrogen (secondary N) is 1. The van der Waals surface area contributed by atoms with Crippen LogP contribution in [0.15, 0.2) is 16.8 Å². The second-order valence-electron chi connectivity index (χ2n) is 7.21. The largest absolute Gasteiger partial charge is 0.339 e. The molecule has 26 heavy (non-hydrogen) atoms. The molecule has 0 unspecified atom stereocenters. The number of carbonyl (C=O) groups is 1. The van der Waals surface area contributed by atoms with Crippen LogP contribution >= 0.6 is 0 Å². The van der Waals surface area contributed by atoms with Gasteiger partial charge >= 0.3 is 0 Å². The number of hydrogen-bond acceptors (Lipinski definition) is 6. The summed E-state index contributed by atoms with van der Waals surface area (Å²) in [7, 11) is 0. The summed E-state index contributed by atoms with van der Waals surface area (Å²) >= 11 is 0. The number of carbonyl (C=O) groups excluding carboxylic acids is 1. The first kappa shape index (κ1) is 17.2. The highest BCUT2D eigenvalue weighted by Crippen LogP contribution is 2.38. The molecule has 2 aromatic rings. The Hall–Kier alpha value is -2.22. The van der Waals surface area contributed by atoms with Crippen LogP contribution in [0.5, 0.6) is 0 Å². The second kappa shape index (κ2) is 7.57. The average Bonchev–Trinajstić information content (AvgIpc) is 3.23. The Labute approximate surface area is 152 Å². The molecule has 1 aliphatic carbocycles. The maximum absolute atomic E-state index is 12.7. The highest BCUT2D eigenvalue weighted by Gasteiger charge is 2.30. The third-order valence-electron chi connectivity index (χ3n) is 5.15. The van der Waals surface area contributed by atoms with E-state index in [0.717, 1.165) is 38.0 Å². The number of rotatable bonds is 7. The predicted octanol–water partition coefficient (Wildman–Crippen LogP) is 1.66. The van der Waals surface area contributed by atoms with Gasteiger partial charge in [0.25, 0.3) is 0 Å².